The van der Waals surface area contributed by atoms with Crippen molar-refractivity contribution in [3.8, 4) is 5.75 Å². The maximum atomic E-state index is 12.1. The van der Waals surface area contributed by atoms with Gasteiger partial charge in [0.2, 0.25) is 0 Å². The van der Waals surface area contributed by atoms with Gasteiger partial charge in [-0.3, -0.25) is 4.90 Å². The van der Waals surface area contributed by atoms with Crippen LogP contribution in [-0.4, -0.2) is 37.3 Å². The Hall–Kier alpha value is -2.24. The second-order valence-electron chi connectivity index (χ2n) is 4.74. The number of carboxylic acids is 1. The summed E-state index contributed by atoms with van der Waals surface area (Å²) in [5.41, 5.74) is 0.660. The third-order valence-corrected chi connectivity index (χ3v) is 3.21. The molecule has 0 saturated carbocycles. The van der Waals surface area contributed by atoms with Crippen molar-refractivity contribution in [2.75, 3.05) is 19.1 Å². The zero-order valence-corrected chi connectivity index (χ0v) is 12.6. The van der Waals surface area contributed by atoms with Crippen LogP contribution in [0, 0.1) is 0 Å². The van der Waals surface area contributed by atoms with Gasteiger partial charge in [0.1, 0.15) is 11.8 Å². The van der Waals surface area contributed by atoms with E-state index in [1.165, 1.54) is 4.90 Å². The van der Waals surface area contributed by atoms with Crippen LogP contribution in [0.2, 0.25) is 0 Å². The van der Waals surface area contributed by atoms with E-state index in [1.807, 2.05) is 6.92 Å². The molecule has 2 N–H and O–H groups in total. The maximum Gasteiger partial charge on any atom is 0.326 e. The molecular formula is C15H22N2O4. The van der Waals surface area contributed by atoms with E-state index >= 15 is 0 Å². The van der Waals surface area contributed by atoms with Crippen LogP contribution in [0.15, 0.2) is 24.3 Å². The number of nitrogens with one attached hydrogen (secondary N) is 1. The van der Waals surface area contributed by atoms with Crippen molar-refractivity contribution in [2.45, 2.75) is 32.2 Å². The number of carboxylic acid groups (broad SMARTS) is 1. The van der Waals surface area contributed by atoms with Crippen molar-refractivity contribution in [1.82, 2.24) is 5.32 Å². The summed E-state index contributed by atoms with van der Waals surface area (Å²) in [7, 11) is 3.16. The number of aliphatic carboxylic acids is 1. The number of hydrogen-bond acceptors (Lipinski definition) is 3. The monoisotopic (exact) mass is 294 g/mol. The number of carbonyl (C=O) groups is 2. The number of rotatable bonds is 7. The summed E-state index contributed by atoms with van der Waals surface area (Å²) in [5, 5.41) is 11.7. The second kappa shape index (κ2) is 8.14. The third kappa shape index (κ3) is 4.98. The van der Waals surface area contributed by atoms with Gasteiger partial charge in [-0.25, -0.2) is 9.59 Å². The normalized spacial score (nSPS) is 11.6. The van der Waals surface area contributed by atoms with Crippen LogP contribution in [0.5, 0.6) is 5.75 Å². The van der Waals surface area contributed by atoms with E-state index in [1.54, 1.807) is 38.4 Å². The van der Waals surface area contributed by atoms with Gasteiger partial charge in [0, 0.05) is 12.7 Å². The largest absolute Gasteiger partial charge is 0.497 e. The van der Waals surface area contributed by atoms with Crippen LogP contribution >= 0.6 is 0 Å². The van der Waals surface area contributed by atoms with Crippen molar-refractivity contribution < 1.29 is 19.4 Å². The van der Waals surface area contributed by atoms with E-state index in [9.17, 15) is 9.59 Å². The molecule has 0 bridgehead atoms. The second-order valence-corrected chi connectivity index (χ2v) is 4.74. The summed E-state index contributed by atoms with van der Waals surface area (Å²) in [6, 6.07) is 5.65. The van der Waals surface area contributed by atoms with Gasteiger partial charge in [0.15, 0.2) is 0 Å². The molecule has 1 atom stereocenters. The molecule has 0 aliphatic carbocycles. The Morgan fingerprint density at radius 1 is 1.33 bits per heavy atom. The average molecular weight is 294 g/mol. The Balaban J connectivity index is 2.69. The molecule has 1 aromatic rings. The molecule has 0 aliphatic rings. The van der Waals surface area contributed by atoms with E-state index in [-0.39, 0.29) is 0 Å². The number of unbranched alkanes of at least 4 members (excludes halogenated alkanes) is 1. The van der Waals surface area contributed by atoms with Crippen molar-refractivity contribution >= 4 is 17.7 Å². The van der Waals surface area contributed by atoms with Crippen LogP contribution in [0.3, 0.4) is 0 Å². The van der Waals surface area contributed by atoms with Gasteiger partial charge in [0.05, 0.1) is 7.11 Å². The molecule has 0 heterocycles. The van der Waals surface area contributed by atoms with E-state index in [0.717, 1.165) is 12.8 Å². The quantitative estimate of drug-likeness (QED) is 0.809. The van der Waals surface area contributed by atoms with Crippen molar-refractivity contribution in [3.05, 3.63) is 24.3 Å². The fraction of sp³-hybridized carbons (Fsp3) is 0.467. The van der Waals surface area contributed by atoms with Crippen molar-refractivity contribution in [2.24, 2.45) is 0 Å². The molecule has 6 nitrogen and oxygen atoms in total. The van der Waals surface area contributed by atoms with E-state index in [4.69, 9.17) is 9.84 Å². The van der Waals surface area contributed by atoms with Gasteiger partial charge >= 0.3 is 12.0 Å². The lowest BCUT2D eigenvalue weighted by Gasteiger charge is -2.21. The Morgan fingerprint density at radius 2 is 1.95 bits per heavy atom. The SMILES string of the molecule is CCCC[C@H](NC(=O)N(C)c1ccc(OC)cc1)C(=O)O. The first kappa shape index (κ1) is 16.8. The van der Waals surface area contributed by atoms with Crippen LogP contribution in [0.25, 0.3) is 0 Å². The summed E-state index contributed by atoms with van der Waals surface area (Å²) < 4.78 is 5.05. The number of amides is 2. The zero-order chi connectivity index (χ0) is 15.8. The summed E-state index contributed by atoms with van der Waals surface area (Å²) in [4.78, 5) is 24.6. The molecule has 21 heavy (non-hydrogen) atoms. The molecule has 2 amide bonds. The minimum Gasteiger partial charge on any atom is -0.497 e. The molecule has 1 aromatic carbocycles. The predicted octanol–water partition coefficient (Wildman–Crippen LogP) is 2.48. The summed E-state index contributed by atoms with van der Waals surface area (Å²) >= 11 is 0. The Kier molecular flexibility index (Phi) is 6.52. The number of ether oxygens (including phenoxy) is 1. The zero-order valence-electron chi connectivity index (χ0n) is 12.6. The highest BCUT2D eigenvalue weighted by Gasteiger charge is 2.21. The van der Waals surface area contributed by atoms with Crippen molar-refractivity contribution in [1.29, 1.82) is 0 Å². The molecule has 0 unspecified atom stereocenters. The molecule has 0 saturated heterocycles. The molecule has 6 heteroatoms. The maximum absolute atomic E-state index is 12.1. The third-order valence-electron chi connectivity index (χ3n) is 3.21. The van der Waals surface area contributed by atoms with Crippen LogP contribution in [0.4, 0.5) is 10.5 Å². The Morgan fingerprint density at radius 3 is 2.43 bits per heavy atom. The first-order valence-corrected chi connectivity index (χ1v) is 6.90. The number of nitrogens with zero attached hydrogens (tertiary/aromatic N) is 1. The molecule has 0 fully saturated rings. The molecule has 0 aliphatic heterocycles. The smallest absolute Gasteiger partial charge is 0.326 e. The van der Waals surface area contributed by atoms with Crippen LogP contribution in [-0.2, 0) is 4.79 Å². The van der Waals surface area contributed by atoms with Gasteiger partial charge in [-0.2, -0.15) is 0 Å². The molecular weight excluding hydrogens is 272 g/mol. The van der Waals surface area contributed by atoms with Crippen LogP contribution < -0.4 is 15.0 Å². The number of carbonyl (C=O) groups excluding carboxylic acids is 1. The summed E-state index contributed by atoms with van der Waals surface area (Å²) in [5.74, 6) is -0.321. The van der Waals surface area contributed by atoms with Crippen LogP contribution in [0.1, 0.15) is 26.2 Å². The van der Waals surface area contributed by atoms with Crippen molar-refractivity contribution in [3.63, 3.8) is 0 Å². The lowest BCUT2D eigenvalue weighted by Crippen LogP contribution is -2.46. The number of benzene rings is 1. The lowest BCUT2D eigenvalue weighted by molar-refractivity contribution is -0.139. The highest BCUT2D eigenvalue weighted by atomic mass is 16.5. The Labute approximate surface area is 124 Å². The number of urea groups is 1. The lowest BCUT2D eigenvalue weighted by atomic mass is 10.1. The molecule has 0 aromatic heterocycles. The van der Waals surface area contributed by atoms with E-state index in [0.29, 0.717) is 17.9 Å². The summed E-state index contributed by atoms with van der Waals surface area (Å²) in [6.45, 7) is 1.98. The first-order chi connectivity index (χ1) is 9.99. The van der Waals surface area contributed by atoms with Gasteiger partial charge in [0.25, 0.3) is 0 Å². The highest BCUT2D eigenvalue weighted by molar-refractivity contribution is 5.94. The molecule has 0 radical (unpaired) electrons. The van der Waals surface area contributed by atoms with E-state index in [2.05, 4.69) is 5.32 Å². The molecule has 116 valence electrons. The number of anilines is 1. The van der Waals surface area contributed by atoms with Gasteiger partial charge in [-0.1, -0.05) is 19.8 Å². The Bertz CT molecular complexity index is 473. The average Bonchev–Trinajstić information content (AvgIpc) is 2.50. The molecule has 1 rings (SSSR count). The minimum absolute atomic E-state index is 0.425. The number of hydrogen-bond donors (Lipinski definition) is 2. The van der Waals surface area contributed by atoms with Gasteiger partial charge in [-0.05, 0) is 30.7 Å². The first-order valence-electron chi connectivity index (χ1n) is 6.90. The highest BCUT2D eigenvalue weighted by Crippen LogP contribution is 2.18. The van der Waals surface area contributed by atoms with E-state index < -0.39 is 18.0 Å². The topological polar surface area (TPSA) is 78.9 Å². The van der Waals surface area contributed by atoms with Gasteiger partial charge in [-0.15, -0.1) is 0 Å². The minimum atomic E-state index is -1.01. The fourth-order valence-electron chi connectivity index (χ4n) is 1.83. The number of methoxy groups -OCH3 is 1. The predicted molar refractivity (Wildman–Crippen MR) is 80.9 cm³/mol. The summed E-state index contributed by atoms with van der Waals surface area (Å²) in [6.07, 6.45) is 2.06. The molecule has 0 spiro atoms. The fourth-order valence-corrected chi connectivity index (χ4v) is 1.83. The van der Waals surface area contributed by atoms with Gasteiger partial charge < -0.3 is 15.2 Å². The standard InChI is InChI=1S/C15H22N2O4/c1-4-5-6-13(14(18)19)16-15(20)17(2)11-7-9-12(21-3)10-8-11/h7-10,13H,4-6H2,1-3H3,(H,16,20)(H,18,19)/t13-/m0/s1.